The molecule has 0 bridgehead atoms. The number of likely N-dealkylation sites (tertiary alicyclic amines) is 1. The first-order valence-corrected chi connectivity index (χ1v) is 6.86. The molecule has 1 aliphatic heterocycles. The lowest BCUT2D eigenvalue weighted by atomic mass is 9.89. The molecule has 1 aromatic rings. The van der Waals surface area contributed by atoms with E-state index in [0.29, 0.717) is 12.3 Å². The van der Waals surface area contributed by atoms with Crippen LogP contribution >= 0.6 is 15.9 Å². The number of carbonyl (C=O) groups excluding carboxylic acids is 1. The largest absolute Gasteiger partial charge is 0.297 e. The van der Waals surface area contributed by atoms with Crippen molar-refractivity contribution in [1.82, 2.24) is 4.90 Å². The van der Waals surface area contributed by atoms with Crippen molar-refractivity contribution in [3.63, 3.8) is 0 Å². The fourth-order valence-electron chi connectivity index (χ4n) is 2.26. The van der Waals surface area contributed by atoms with Gasteiger partial charge in [0.2, 0.25) is 0 Å². The first kappa shape index (κ1) is 12.8. The number of Topliss-reactive ketones (excluding diaryl/α,β-unsaturated/α-hetero) is 1. The molecule has 1 saturated heterocycles. The van der Waals surface area contributed by atoms with E-state index in [4.69, 9.17) is 0 Å². The summed E-state index contributed by atoms with van der Waals surface area (Å²) in [4.78, 5) is 14.1. The molecule has 2 nitrogen and oxygen atoms in total. The Morgan fingerprint density at radius 1 is 1.35 bits per heavy atom. The van der Waals surface area contributed by atoms with Crippen LogP contribution in [0.1, 0.15) is 25.8 Å². The fraction of sp³-hybridized carbons (Fsp3) is 0.500. The molecule has 2 rings (SSSR count). The van der Waals surface area contributed by atoms with Crippen LogP contribution in [0.25, 0.3) is 0 Å². The van der Waals surface area contributed by atoms with E-state index in [-0.39, 0.29) is 10.4 Å². The Morgan fingerprint density at radius 3 is 2.65 bits per heavy atom. The predicted molar refractivity (Wildman–Crippen MR) is 73.3 cm³/mol. The summed E-state index contributed by atoms with van der Waals surface area (Å²) < 4.78 is 0. The number of halogens is 1. The van der Waals surface area contributed by atoms with Gasteiger partial charge in [-0.2, -0.15) is 0 Å². The predicted octanol–water partition coefficient (Wildman–Crippen LogP) is 3.00. The molecular formula is C14H18BrNO. The zero-order valence-electron chi connectivity index (χ0n) is 10.3. The SMILES string of the molecule is CC1(C)CC(Br)C(=O)CN1Cc1ccccc1. The highest BCUT2D eigenvalue weighted by Crippen LogP contribution is 2.30. The number of ketones is 1. The zero-order valence-corrected chi connectivity index (χ0v) is 11.9. The molecule has 1 atom stereocenters. The molecule has 1 fully saturated rings. The monoisotopic (exact) mass is 295 g/mol. The van der Waals surface area contributed by atoms with Gasteiger partial charge in [0.15, 0.2) is 5.78 Å². The van der Waals surface area contributed by atoms with Crippen LogP contribution in [-0.4, -0.2) is 27.6 Å². The highest BCUT2D eigenvalue weighted by Gasteiger charge is 2.38. The molecule has 1 unspecified atom stereocenters. The highest BCUT2D eigenvalue weighted by atomic mass is 79.9. The normalized spacial score (nSPS) is 24.9. The second-order valence-corrected chi connectivity index (χ2v) is 6.40. The van der Waals surface area contributed by atoms with E-state index in [1.54, 1.807) is 0 Å². The van der Waals surface area contributed by atoms with E-state index >= 15 is 0 Å². The Labute approximate surface area is 111 Å². The van der Waals surface area contributed by atoms with Crippen molar-refractivity contribution in [2.24, 2.45) is 0 Å². The van der Waals surface area contributed by atoms with E-state index in [1.807, 2.05) is 18.2 Å². The summed E-state index contributed by atoms with van der Waals surface area (Å²) in [5.41, 5.74) is 1.33. The van der Waals surface area contributed by atoms with Crippen molar-refractivity contribution in [2.45, 2.75) is 37.2 Å². The summed E-state index contributed by atoms with van der Waals surface area (Å²) >= 11 is 3.47. The molecule has 0 spiro atoms. The lowest BCUT2D eigenvalue weighted by molar-refractivity contribution is -0.125. The smallest absolute Gasteiger partial charge is 0.160 e. The summed E-state index contributed by atoms with van der Waals surface area (Å²) in [7, 11) is 0. The first-order chi connectivity index (χ1) is 7.99. The molecule has 0 aromatic heterocycles. The molecule has 3 heteroatoms. The highest BCUT2D eigenvalue weighted by molar-refractivity contribution is 9.10. The van der Waals surface area contributed by atoms with Crippen LogP contribution in [0.15, 0.2) is 30.3 Å². The van der Waals surface area contributed by atoms with Gasteiger partial charge < -0.3 is 0 Å². The number of hydrogen-bond acceptors (Lipinski definition) is 2. The van der Waals surface area contributed by atoms with Crippen molar-refractivity contribution < 1.29 is 4.79 Å². The van der Waals surface area contributed by atoms with Gasteiger partial charge in [0.05, 0.1) is 11.4 Å². The number of piperidine rings is 1. The maximum atomic E-state index is 11.8. The molecule has 0 radical (unpaired) electrons. The number of alkyl halides is 1. The summed E-state index contributed by atoms with van der Waals surface area (Å²) in [5.74, 6) is 0.292. The Morgan fingerprint density at radius 2 is 2.00 bits per heavy atom. The summed E-state index contributed by atoms with van der Waals surface area (Å²) in [5, 5.41) is 0. The minimum absolute atomic E-state index is 0.0181. The lowest BCUT2D eigenvalue weighted by Gasteiger charge is -2.43. The van der Waals surface area contributed by atoms with E-state index in [0.717, 1.165) is 13.0 Å². The maximum absolute atomic E-state index is 11.8. The van der Waals surface area contributed by atoms with Gasteiger partial charge >= 0.3 is 0 Å². The standard InChI is InChI=1S/C14H18BrNO/c1-14(2)8-12(15)13(17)10-16(14)9-11-6-4-3-5-7-11/h3-7,12H,8-10H2,1-2H3. The lowest BCUT2D eigenvalue weighted by Crippen LogP contribution is -2.53. The maximum Gasteiger partial charge on any atom is 0.160 e. The van der Waals surface area contributed by atoms with Gasteiger partial charge in [-0.3, -0.25) is 9.69 Å². The minimum atomic E-state index is 0.0181. The molecule has 1 aliphatic rings. The van der Waals surface area contributed by atoms with Crippen molar-refractivity contribution in [2.75, 3.05) is 6.54 Å². The number of carbonyl (C=O) groups is 1. The van der Waals surface area contributed by atoms with Gasteiger partial charge in [0, 0.05) is 12.1 Å². The third-order valence-corrected chi connectivity index (χ3v) is 4.28. The topological polar surface area (TPSA) is 20.3 Å². The molecular weight excluding hydrogens is 278 g/mol. The second kappa shape index (κ2) is 4.91. The molecule has 1 heterocycles. The fourth-order valence-corrected chi connectivity index (χ4v) is 3.19. The van der Waals surface area contributed by atoms with Gasteiger partial charge in [-0.05, 0) is 25.8 Å². The van der Waals surface area contributed by atoms with Crippen LogP contribution < -0.4 is 0 Å². The Bertz CT molecular complexity index is 402. The van der Waals surface area contributed by atoms with Gasteiger partial charge in [0.1, 0.15) is 0 Å². The van der Waals surface area contributed by atoms with E-state index < -0.39 is 0 Å². The van der Waals surface area contributed by atoms with Crippen LogP contribution in [-0.2, 0) is 11.3 Å². The second-order valence-electron chi connectivity index (χ2n) is 5.29. The number of nitrogens with zero attached hydrogens (tertiary/aromatic N) is 1. The number of rotatable bonds is 2. The first-order valence-electron chi connectivity index (χ1n) is 5.95. The van der Waals surface area contributed by atoms with Crippen LogP contribution in [0, 0.1) is 0 Å². The summed E-state index contributed by atoms with van der Waals surface area (Å²) in [6, 6.07) is 10.3. The average Bonchev–Trinajstić information content (AvgIpc) is 2.27. The van der Waals surface area contributed by atoms with Crippen molar-refractivity contribution in [3.8, 4) is 0 Å². The molecule has 0 amide bonds. The molecule has 0 N–H and O–H groups in total. The van der Waals surface area contributed by atoms with Crippen molar-refractivity contribution in [1.29, 1.82) is 0 Å². The van der Waals surface area contributed by atoms with Crippen LogP contribution in [0.4, 0.5) is 0 Å². The minimum Gasteiger partial charge on any atom is -0.297 e. The summed E-state index contributed by atoms with van der Waals surface area (Å²) in [6.45, 7) is 5.80. The Kier molecular flexibility index (Phi) is 3.69. The number of hydrogen-bond donors (Lipinski definition) is 0. The third kappa shape index (κ3) is 2.96. The van der Waals surface area contributed by atoms with Crippen molar-refractivity contribution in [3.05, 3.63) is 35.9 Å². The van der Waals surface area contributed by atoms with E-state index in [1.165, 1.54) is 5.56 Å². The molecule has 0 saturated carbocycles. The van der Waals surface area contributed by atoms with E-state index in [2.05, 4.69) is 46.8 Å². The Hall–Kier alpha value is -0.670. The molecule has 1 aromatic carbocycles. The quantitative estimate of drug-likeness (QED) is 0.782. The molecule has 17 heavy (non-hydrogen) atoms. The van der Waals surface area contributed by atoms with Gasteiger partial charge in [-0.15, -0.1) is 0 Å². The number of benzene rings is 1. The van der Waals surface area contributed by atoms with Crippen LogP contribution in [0.3, 0.4) is 0 Å². The van der Waals surface area contributed by atoms with Gasteiger partial charge in [-0.1, -0.05) is 46.3 Å². The van der Waals surface area contributed by atoms with Gasteiger partial charge in [-0.25, -0.2) is 0 Å². The molecule has 92 valence electrons. The third-order valence-electron chi connectivity index (χ3n) is 3.45. The Balaban J connectivity index is 2.12. The van der Waals surface area contributed by atoms with E-state index in [9.17, 15) is 4.79 Å². The van der Waals surface area contributed by atoms with Crippen LogP contribution in [0.2, 0.25) is 0 Å². The van der Waals surface area contributed by atoms with Crippen molar-refractivity contribution >= 4 is 21.7 Å². The van der Waals surface area contributed by atoms with Gasteiger partial charge in [0.25, 0.3) is 0 Å². The average molecular weight is 296 g/mol. The molecule has 0 aliphatic carbocycles. The zero-order chi connectivity index (χ0) is 12.5. The van der Waals surface area contributed by atoms with Crippen LogP contribution in [0.5, 0.6) is 0 Å². The summed E-state index contributed by atoms with van der Waals surface area (Å²) in [6.07, 6.45) is 0.874.